The Hall–Kier alpha value is -2.35. The van der Waals surface area contributed by atoms with E-state index in [1.54, 1.807) is 0 Å². The summed E-state index contributed by atoms with van der Waals surface area (Å²) in [5, 5.41) is 11.7. The average molecular weight is 390 g/mol. The minimum absolute atomic E-state index is 0.0164. The Balaban J connectivity index is 2.14. The van der Waals surface area contributed by atoms with Crippen LogP contribution >= 0.6 is 11.8 Å². The molecule has 0 aliphatic rings. The highest BCUT2D eigenvalue weighted by Crippen LogP contribution is 2.24. The normalized spacial score (nSPS) is 13.2. The first-order valence-corrected chi connectivity index (χ1v) is 9.94. The van der Waals surface area contributed by atoms with Crippen LogP contribution < -0.4 is 11.1 Å². The molecule has 7 nitrogen and oxygen atoms in total. The van der Waals surface area contributed by atoms with Gasteiger partial charge in [0.1, 0.15) is 11.9 Å². The van der Waals surface area contributed by atoms with E-state index in [-0.39, 0.29) is 17.6 Å². The number of thioether (sulfide) groups is 1. The zero-order chi connectivity index (χ0) is 20.1. The molecule has 2 aromatic rings. The SMILES string of the molecule is CCC(C)C(NC(=O)CSc1nnc(C)n1-c1cc(C)ccc1C)C(N)=O. The van der Waals surface area contributed by atoms with Crippen LogP contribution in [0.4, 0.5) is 0 Å². The summed E-state index contributed by atoms with van der Waals surface area (Å²) < 4.78 is 1.94. The van der Waals surface area contributed by atoms with Gasteiger partial charge in [-0.25, -0.2) is 0 Å². The van der Waals surface area contributed by atoms with E-state index in [1.165, 1.54) is 11.8 Å². The third kappa shape index (κ3) is 5.09. The zero-order valence-electron chi connectivity index (χ0n) is 16.4. The fraction of sp³-hybridized carbons (Fsp3) is 0.474. The number of carbonyl (C=O) groups is 2. The Morgan fingerprint density at radius 2 is 1.96 bits per heavy atom. The van der Waals surface area contributed by atoms with E-state index >= 15 is 0 Å². The number of nitrogens with two attached hydrogens (primary N) is 1. The molecule has 0 radical (unpaired) electrons. The lowest BCUT2D eigenvalue weighted by Gasteiger charge is -2.21. The summed E-state index contributed by atoms with van der Waals surface area (Å²) >= 11 is 1.28. The van der Waals surface area contributed by atoms with Crippen molar-refractivity contribution in [1.82, 2.24) is 20.1 Å². The molecule has 0 saturated carbocycles. The Bertz CT molecular complexity index is 834. The molecule has 0 fully saturated rings. The second-order valence-electron chi connectivity index (χ2n) is 6.78. The van der Waals surface area contributed by atoms with Gasteiger partial charge in [0, 0.05) is 0 Å². The maximum Gasteiger partial charge on any atom is 0.240 e. The summed E-state index contributed by atoms with van der Waals surface area (Å²) in [6, 6.07) is 5.51. The molecule has 2 unspecified atom stereocenters. The van der Waals surface area contributed by atoms with Crippen molar-refractivity contribution in [2.75, 3.05) is 5.75 Å². The largest absolute Gasteiger partial charge is 0.368 e. The van der Waals surface area contributed by atoms with Crippen LogP contribution in [-0.4, -0.2) is 38.4 Å². The number of hydrogen-bond acceptors (Lipinski definition) is 5. The van der Waals surface area contributed by atoms with Gasteiger partial charge in [-0.3, -0.25) is 14.2 Å². The second kappa shape index (κ2) is 9.03. The molecular formula is C19H27N5O2S. The number of primary amides is 1. The summed E-state index contributed by atoms with van der Waals surface area (Å²) in [5.74, 6) is 0.0938. The van der Waals surface area contributed by atoms with Gasteiger partial charge >= 0.3 is 0 Å². The number of nitrogens with zero attached hydrogens (tertiary/aromatic N) is 3. The van der Waals surface area contributed by atoms with E-state index in [9.17, 15) is 9.59 Å². The number of nitrogens with one attached hydrogen (secondary N) is 1. The van der Waals surface area contributed by atoms with E-state index in [2.05, 4.69) is 33.7 Å². The zero-order valence-corrected chi connectivity index (χ0v) is 17.3. The third-order valence-corrected chi connectivity index (χ3v) is 5.50. The Morgan fingerprint density at radius 3 is 2.59 bits per heavy atom. The van der Waals surface area contributed by atoms with E-state index in [0.717, 1.165) is 29.1 Å². The number of aromatic nitrogens is 3. The quantitative estimate of drug-likeness (QED) is 0.674. The molecule has 2 amide bonds. The molecular weight excluding hydrogens is 362 g/mol. The first-order valence-electron chi connectivity index (χ1n) is 8.95. The summed E-state index contributed by atoms with van der Waals surface area (Å²) in [7, 11) is 0. The topological polar surface area (TPSA) is 103 Å². The first kappa shape index (κ1) is 21.0. The molecule has 1 aromatic carbocycles. The number of amides is 2. The van der Waals surface area contributed by atoms with E-state index < -0.39 is 11.9 Å². The summed E-state index contributed by atoms with van der Waals surface area (Å²) in [5.41, 5.74) is 8.64. The van der Waals surface area contributed by atoms with Crippen LogP contribution in [0.25, 0.3) is 5.69 Å². The van der Waals surface area contributed by atoms with Crippen molar-refractivity contribution >= 4 is 23.6 Å². The highest BCUT2D eigenvalue weighted by Gasteiger charge is 2.24. The third-order valence-electron chi connectivity index (χ3n) is 4.57. The molecule has 27 heavy (non-hydrogen) atoms. The first-order chi connectivity index (χ1) is 12.7. The van der Waals surface area contributed by atoms with Crippen LogP contribution in [0.15, 0.2) is 23.4 Å². The average Bonchev–Trinajstić information content (AvgIpc) is 2.99. The number of rotatable bonds is 8. The fourth-order valence-electron chi connectivity index (χ4n) is 2.75. The molecule has 0 aliphatic heterocycles. The molecule has 2 rings (SSSR count). The van der Waals surface area contributed by atoms with Crippen LogP contribution in [-0.2, 0) is 9.59 Å². The smallest absolute Gasteiger partial charge is 0.240 e. The van der Waals surface area contributed by atoms with Crippen LogP contribution in [0.2, 0.25) is 0 Å². The Labute approximate surface area is 164 Å². The highest BCUT2D eigenvalue weighted by atomic mass is 32.2. The lowest BCUT2D eigenvalue weighted by atomic mass is 9.99. The Morgan fingerprint density at radius 1 is 1.26 bits per heavy atom. The molecule has 0 saturated heterocycles. The minimum atomic E-state index is -0.665. The summed E-state index contributed by atoms with van der Waals surface area (Å²) in [4.78, 5) is 23.9. The molecule has 146 valence electrons. The van der Waals surface area contributed by atoms with Gasteiger partial charge in [0.15, 0.2) is 5.16 Å². The van der Waals surface area contributed by atoms with Gasteiger partial charge in [-0.15, -0.1) is 10.2 Å². The van der Waals surface area contributed by atoms with Gasteiger partial charge in [-0.1, -0.05) is 44.2 Å². The molecule has 0 bridgehead atoms. The van der Waals surface area contributed by atoms with Crippen molar-refractivity contribution in [2.24, 2.45) is 11.7 Å². The number of hydrogen-bond donors (Lipinski definition) is 2. The monoisotopic (exact) mass is 389 g/mol. The van der Waals surface area contributed by atoms with Crippen molar-refractivity contribution in [1.29, 1.82) is 0 Å². The van der Waals surface area contributed by atoms with Crippen molar-refractivity contribution in [2.45, 2.75) is 52.2 Å². The predicted molar refractivity (Wildman–Crippen MR) is 107 cm³/mol. The van der Waals surface area contributed by atoms with Gasteiger partial charge in [0.25, 0.3) is 0 Å². The summed E-state index contributed by atoms with van der Waals surface area (Å²) in [6.45, 7) is 9.78. The molecule has 3 N–H and O–H groups in total. The number of benzene rings is 1. The van der Waals surface area contributed by atoms with Crippen LogP contribution in [0.3, 0.4) is 0 Å². The van der Waals surface area contributed by atoms with Crippen LogP contribution in [0.5, 0.6) is 0 Å². The van der Waals surface area contributed by atoms with Gasteiger partial charge in [-0.05, 0) is 43.9 Å². The molecule has 8 heteroatoms. The number of aryl methyl sites for hydroxylation is 3. The second-order valence-corrected chi connectivity index (χ2v) is 7.72. The van der Waals surface area contributed by atoms with E-state index in [0.29, 0.717) is 5.16 Å². The standard InChI is InChI=1S/C19H27N5O2S/c1-6-12(3)17(18(20)26)21-16(25)10-27-19-23-22-14(5)24(19)15-9-11(2)7-8-13(15)4/h7-9,12,17H,6,10H2,1-5H3,(H2,20,26)(H,21,25). The van der Waals surface area contributed by atoms with Crippen LogP contribution in [0, 0.1) is 26.7 Å². The van der Waals surface area contributed by atoms with Crippen LogP contribution in [0.1, 0.15) is 37.2 Å². The van der Waals surface area contributed by atoms with Gasteiger partial charge in [0.2, 0.25) is 11.8 Å². The van der Waals surface area contributed by atoms with Crippen molar-refractivity contribution in [3.63, 3.8) is 0 Å². The lowest BCUT2D eigenvalue weighted by Crippen LogP contribution is -2.48. The Kier molecular flexibility index (Phi) is 7.01. The van der Waals surface area contributed by atoms with Gasteiger partial charge in [0.05, 0.1) is 11.4 Å². The molecule has 0 aliphatic carbocycles. The molecule has 2 atom stereocenters. The van der Waals surface area contributed by atoms with Crippen molar-refractivity contribution < 1.29 is 9.59 Å². The predicted octanol–water partition coefficient (Wildman–Crippen LogP) is 2.30. The highest BCUT2D eigenvalue weighted by molar-refractivity contribution is 7.99. The molecule has 1 heterocycles. The molecule has 0 spiro atoms. The fourth-order valence-corrected chi connectivity index (χ4v) is 3.55. The summed E-state index contributed by atoms with van der Waals surface area (Å²) in [6.07, 6.45) is 0.751. The van der Waals surface area contributed by atoms with Gasteiger partial charge < -0.3 is 11.1 Å². The van der Waals surface area contributed by atoms with Crippen molar-refractivity contribution in [3.05, 3.63) is 35.2 Å². The number of carbonyl (C=O) groups excluding carboxylic acids is 2. The van der Waals surface area contributed by atoms with Crippen molar-refractivity contribution in [3.8, 4) is 5.69 Å². The maximum atomic E-state index is 12.3. The minimum Gasteiger partial charge on any atom is -0.368 e. The van der Waals surface area contributed by atoms with E-state index in [4.69, 9.17) is 5.73 Å². The maximum absolute atomic E-state index is 12.3. The van der Waals surface area contributed by atoms with Gasteiger partial charge in [-0.2, -0.15) is 0 Å². The van der Waals surface area contributed by atoms with E-state index in [1.807, 2.05) is 39.2 Å². The molecule has 1 aromatic heterocycles. The lowest BCUT2D eigenvalue weighted by molar-refractivity contribution is -0.127.